The first-order chi connectivity index (χ1) is 9.63. The number of rotatable bonds is 5. The third-order valence-corrected chi connectivity index (χ3v) is 4.32. The van der Waals surface area contributed by atoms with Crippen LogP contribution in [0.5, 0.6) is 0 Å². The number of fused-ring (bicyclic) bond motifs is 1. The lowest BCUT2D eigenvalue weighted by Gasteiger charge is -2.18. The van der Waals surface area contributed by atoms with Crippen LogP contribution in [0.25, 0.3) is 0 Å². The highest BCUT2D eigenvalue weighted by molar-refractivity contribution is 7.15. The lowest BCUT2D eigenvalue weighted by molar-refractivity contribution is -0.148. The Kier molecular flexibility index (Phi) is 5.11. The van der Waals surface area contributed by atoms with Gasteiger partial charge in [0.15, 0.2) is 5.13 Å². The van der Waals surface area contributed by atoms with Gasteiger partial charge in [0, 0.05) is 11.3 Å². The van der Waals surface area contributed by atoms with Crippen molar-refractivity contribution in [2.24, 2.45) is 5.92 Å². The third-order valence-electron chi connectivity index (χ3n) is 3.28. The van der Waals surface area contributed by atoms with Gasteiger partial charge < -0.3 is 10.1 Å². The molecule has 0 aromatic carbocycles. The van der Waals surface area contributed by atoms with E-state index in [1.807, 2.05) is 13.8 Å². The maximum Gasteiger partial charge on any atom is 0.309 e. The Morgan fingerprint density at radius 2 is 2.25 bits per heavy atom. The normalized spacial score (nSPS) is 17.4. The fourth-order valence-corrected chi connectivity index (χ4v) is 3.40. The summed E-state index contributed by atoms with van der Waals surface area (Å²) < 4.78 is 5.08. The Bertz CT molecular complexity index is 499. The second kappa shape index (κ2) is 6.83. The first kappa shape index (κ1) is 15.0. The van der Waals surface area contributed by atoms with Gasteiger partial charge in [0.05, 0.1) is 18.2 Å². The summed E-state index contributed by atoms with van der Waals surface area (Å²) >= 11 is 1.48. The summed E-state index contributed by atoms with van der Waals surface area (Å²) in [5.41, 5.74) is 1.02. The topological polar surface area (TPSA) is 68.3 Å². The number of ether oxygens (including phenoxy) is 1. The zero-order chi connectivity index (χ0) is 14.5. The SMILES string of the molecule is CCCC(=O)Nc1nc2c(s1)CC(C(=O)OCC)CC2. The molecule has 1 N–H and O–H groups in total. The minimum atomic E-state index is -0.122. The second-order valence-corrected chi connectivity index (χ2v) is 5.96. The lowest BCUT2D eigenvalue weighted by atomic mass is 9.91. The highest BCUT2D eigenvalue weighted by Crippen LogP contribution is 2.32. The fraction of sp³-hybridized carbons (Fsp3) is 0.643. The summed E-state index contributed by atoms with van der Waals surface area (Å²) in [6.45, 7) is 4.21. The molecular weight excluding hydrogens is 276 g/mol. The number of thiazole rings is 1. The molecule has 0 fully saturated rings. The number of hydrogen-bond donors (Lipinski definition) is 1. The van der Waals surface area contributed by atoms with E-state index < -0.39 is 0 Å². The van der Waals surface area contributed by atoms with Crippen molar-refractivity contribution >= 4 is 28.3 Å². The maximum atomic E-state index is 11.8. The molecule has 1 aromatic rings. The molecule has 110 valence electrons. The summed E-state index contributed by atoms with van der Waals surface area (Å²) in [4.78, 5) is 28.9. The average Bonchev–Trinajstić information content (AvgIpc) is 2.80. The van der Waals surface area contributed by atoms with Crippen LogP contribution in [-0.4, -0.2) is 23.5 Å². The van der Waals surface area contributed by atoms with Gasteiger partial charge in [-0.25, -0.2) is 4.98 Å². The van der Waals surface area contributed by atoms with Gasteiger partial charge >= 0.3 is 5.97 Å². The van der Waals surface area contributed by atoms with Crippen molar-refractivity contribution < 1.29 is 14.3 Å². The van der Waals surface area contributed by atoms with Crippen LogP contribution >= 0.6 is 11.3 Å². The minimum Gasteiger partial charge on any atom is -0.466 e. The van der Waals surface area contributed by atoms with E-state index in [2.05, 4.69) is 10.3 Å². The number of hydrogen-bond acceptors (Lipinski definition) is 5. The molecule has 6 heteroatoms. The first-order valence-electron chi connectivity index (χ1n) is 7.09. The van der Waals surface area contributed by atoms with Crippen molar-refractivity contribution in [1.29, 1.82) is 0 Å². The highest BCUT2D eigenvalue weighted by atomic mass is 32.1. The molecule has 1 unspecified atom stereocenters. The Morgan fingerprint density at radius 1 is 1.45 bits per heavy atom. The van der Waals surface area contributed by atoms with Crippen LogP contribution < -0.4 is 5.32 Å². The van der Waals surface area contributed by atoms with Gasteiger partial charge in [0.25, 0.3) is 0 Å². The molecule has 0 saturated heterocycles. The Labute approximate surface area is 122 Å². The van der Waals surface area contributed by atoms with E-state index in [4.69, 9.17) is 4.74 Å². The standard InChI is InChI=1S/C14H20N2O3S/c1-3-5-12(17)16-14-15-10-7-6-9(8-11(10)20-14)13(18)19-4-2/h9H,3-8H2,1-2H3,(H,15,16,17). The van der Waals surface area contributed by atoms with Crippen molar-refractivity contribution in [3.8, 4) is 0 Å². The van der Waals surface area contributed by atoms with Crippen molar-refractivity contribution in [2.75, 3.05) is 11.9 Å². The maximum absolute atomic E-state index is 11.8. The molecule has 1 aromatic heterocycles. The van der Waals surface area contributed by atoms with E-state index in [-0.39, 0.29) is 17.8 Å². The molecule has 1 aliphatic carbocycles. The fourth-order valence-electron chi connectivity index (χ4n) is 2.30. The lowest BCUT2D eigenvalue weighted by Crippen LogP contribution is -2.24. The van der Waals surface area contributed by atoms with E-state index >= 15 is 0 Å². The van der Waals surface area contributed by atoms with Crippen LogP contribution in [0, 0.1) is 5.92 Å². The zero-order valence-electron chi connectivity index (χ0n) is 11.9. The van der Waals surface area contributed by atoms with E-state index in [9.17, 15) is 9.59 Å². The van der Waals surface area contributed by atoms with Gasteiger partial charge in [-0.2, -0.15) is 0 Å². The van der Waals surface area contributed by atoms with Gasteiger partial charge in [0.1, 0.15) is 0 Å². The summed E-state index contributed by atoms with van der Waals surface area (Å²) in [6, 6.07) is 0. The molecule has 2 rings (SSSR count). The molecule has 20 heavy (non-hydrogen) atoms. The van der Waals surface area contributed by atoms with Crippen LogP contribution in [0.2, 0.25) is 0 Å². The van der Waals surface area contributed by atoms with E-state index in [0.717, 1.165) is 29.8 Å². The quantitative estimate of drug-likeness (QED) is 0.848. The number of carbonyl (C=O) groups is 2. The first-order valence-corrected chi connectivity index (χ1v) is 7.90. The number of carbonyl (C=O) groups excluding carboxylic acids is 2. The van der Waals surface area contributed by atoms with Crippen molar-refractivity contribution in [2.45, 2.75) is 46.0 Å². The van der Waals surface area contributed by atoms with Crippen molar-refractivity contribution in [3.63, 3.8) is 0 Å². The number of amides is 1. The predicted octanol–water partition coefficient (Wildman–Crippen LogP) is 2.55. The minimum absolute atomic E-state index is 0.000500. The van der Waals surface area contributed by atoms with E-state index in [1.165, 1.54) is 11.3 Å². The average molecular weight is 296 g/mol. The van der Waals surface area contributed by atoms with Gasteiger partial charge in [-0.15, -0.1) is 11.3 Å². The molecule has 1 heterocycles. The van der Waals surface area contributed by atoms with Crippen molar-refractivity contribution in [1.82, 2.24) is 4.98 Å². The summed E-state index contributed by atoms with van der Waals surface area (Å²) in [5, 5.41) is 3.47. The third kappa shape index (κ3) is 3.56. The molecule has 0 aliphatic heterocycles. The van der Waals surface area contributed by atoms with Crippen LogP contribution in [0.4, 0.5) is 5.13 Å². The molecule has 0 bridgehead atoms. The molecule has 1 amide bonds. The highest BCUT2D eigenvalue weighted by Gasteiger charge is 2.28. The van der Waals surface area contributed by atoms with E-state index in [1.54, 1.807) is 0 Å². The van der Waals surface area contributed by atoms with Crippen LogP contribution in [0.15, 0.2) is 0 Å². The Morgan fingerprint density at radius 3 is 2.95 bits per heavy atom. The number of nitrogens with zero attached hydrogens (tertiary/aromatic N) is 1. The zero-order valence-corrected chi connectivity index (χ0v) is 12.7. The summed E-state index contributed by atoms with van der Waals surface area (Å²) in [5.74, 6) is -0.189. The largest absolute Gasteiger partial charge is 0.466 e. The van der Waals surface area contributed by atoms with E-state index in [0.29, 0.717) is 24.6 Å². The molecule has 0 radical (unpaired) electrons. The number of aryl methyl sites for hydroxylation is 1. The Hall–Kier alpha value is -1.43. The number of esters is 1. The Balaban J connectivity index is 2.00. The van der Waals surface area contributed by atoms with Gasteiger partial charge in [-0.05, 0) is 32.6 Å². The molecule has 5 nitrogen and oxygen atoms in total. The summed E-state index contributed by atoms with van der Waals surface area (Å²) in [7, 11) is 0. The van der Waals surface area contributed by atoms with Crippen molar-refractivity contribution in [3.05, 3.63) is 10.6 Å². The number of aromatic nitrogens is 1. The molecular formula is C14H20N2O3S. The van der Waals surface area contributed by atoms with Crippen LogP contribution in [0.3, 0.4) is 0 Å². The van der Waals surface area contributed by atoms with Gasteiger partial charge in [0.2, 0.25) is 5.91 Å². The van der Waals surface area contributed by atoms with Gasteiger partial charge in [-0.1, -0.05) is 6.92 Å². The molecule has 1 aliphatic rings. The number of anilines is 1. The summed E-state index contributed by atoms with van der Waals surface area (Å²) in [6.07, 6.45) is 3.56. The van der Waals surface area contributed by atoms with Crippen LogP contribution in [0.1, 0.15) is 43.7 Å². The molecule has 0 spiro atoms. The predicted molar refractivity (Wildman–Crippen MR) is 77.8 cm³/mol. The molecule has 0 saturated carbocycles. The monoisotopic (exact) mass is 296 g/mol. The van der Waals surface area contributed by atoms with Gasteiger partial charge in [-0.3, -0.25) is 9.59 Å². The second-order valence-electron chi connectivity index (χ2n) is 4.88. The smallest absolute Gasteiger partial charge is 0.309 e. The molecule has 1 atom stereocenters. The van der Waals surface area contributed by atoms with Crippen LogP contribution in [-0.2, 0) is 27.2 Å². The number of nitrogens with one attached hydrogen (secondary N) is 1.